The summed E-state index contributed by atoms with van der Waals surface area (Å²) in [6.07, 6.45) is 2.51. The van der Waals surface area contributed by atoms with E-state index in [-0.39, 0.29) is 6.61 Å². The summed E-state index contributed by atoms with van der Waals surface area (Å²) in [7, 11) is 3.05. The number of fused-ring (bicyclic) bond motifs is 1. The van der Waals surface area contributed by atoms with Crippen LogP contribution >= 0.6 is 11.3 Å². The summed E-state index contributed by atoms with van der Waals surface area (Å²) in [5.41, 5.74) is 0.680. The molecule has 1 unspecified atom stereocenters. The molecule has 140 valence electrons. The van der Waals surface area contributed by atoms with Gasteiger partial charge in [0.05, 0.1) is 17.4 Å². The van der Waals surface area contributed by atoms with Crippen molar-refractivity contribution in [3.63, 3.8) is 0 Å². The number of ether oxygens (including phenoxy) is 2. The maximum absolute atomic E-state index is 12.7. The number of methoxy groups -OCH3 is 2. The molecule has 8 nitrogen and oxygen atoms in total. The predicted molar refractivity (Wildman–Crippen MR) is 95.6 cm³/mol. The molecule has 9 heteroatoms. The summed E-state index contributed by atoms with van der Waals surface area (Å²) in [6.45, 7) is 2.01. The van der Waals surface area contributed by atoms with Gasteiger partial charge in [0.25, 0.3) is 5.91 Å². The highest BCUT2D eigenvalue weighted by molar-refractivity contribution is 7.20. The standard InChI is InChI=1S/C17H21N3O5S/c1-8-12-15(25-3)19-11(7-24-2)20-16(12)26-13(8)14(21)18-10(17(22)23)6-9-4-5-9/h9-10H,4-7H2,1-3H3,(H,18,21)(H,22,23). The Morgan fingerprint density at radius 2 is 2.08 bits per heavy atom. The Balaban J connectivity index is 1.92. The Bertz CT molecular complexity index is 847. The smallest absolute Gasteiger partial charge is 0.326 e. The molecule has 1 saturated carbocycles. The van der Waals surface area contributed by atoms with Gasteiger partial charge in [-0.25, -0.2) is 9.78 Å². The number of carbonyl (C=O) groups excluding carboxylic acids is 1. The van der Waals surface area contributed by atoms with Gasteiger partial charge in [0, 0.05) is 7.11 Å². The SMILES string of the molecule is COCc1nc(OC)c2c(C)c(C(=O)NC(CC3CC3)C(=O)O)sc2n1. The van der Waals surface area contributed by atoms with E-state index in [9.17, 15) is 14.7 Å². The van der Waals surface area contributed by atoms with Crippen molar-refractivity contribution in [1.29, 1.82) is 0 Å². The molecule has 0 saturated heterocycles. The van der Waals surface area contributed by atoms with E-state index in [0.29, 0.717) is 44.7 Å². The van der Waals surface area contributed by atoms with Crippen molar-refractivity contribution in [2.45, 2.75) is 38.8 Å². The largest absolute Gasteiger partial charge is 0.480 e. The molecule has 2 aromatic heterocycles. The van der Waals surface area contributed by atoms with Crippen LogP contribution in [0.2, 0.25) is 0 Å². The number of nitrogens with zero attached hydrogens (tertiary/aromatic N) is 2. The van der Waals surface area contributed by atoms with Crippen LogP contribution in [0.5, 0.6) is 5.88 Å². The Kier molecular flexibility index (Phi) is 5.38. The van der Waals surface area contributed by atoms with Gasteiger partial charge in [0.2, 0.25) is 5.88 Å². The van der Waals surface area contributed by atoms with Crippen molar-refractivity contribution in [2.75, 3.05) is 14.2 Å². The molecule has 0 bridgehead atoms. The minimum atomic E-state index is -1.01. The van der Waals surface area contributed by atoms with Gasteiger partial charge in [0.1, 0.15) is 17.5 Å². The molecular formula is C17H21N3O5S. The molecule has 0 radical (unpaired) electrons. The maximum Gasteiger partial charge on any atom is 0.326 e. The molecule has 2 aromatic rings. The average molecular weight is 379 g/mol. The summed E-state index contributed by atoms with van der Waals surface area (Å²) >= 11 is 1.20. The topological polar surface area (TPSA) is 111 Å². The highest BCUT2D eigenvalue weighted by atomic mass is 32.1. The number of hydrogen-bond donors (Lipinski definition) is 2. The van der Waals surface area contributed by atoms with Gasteiger partial charge in [-0.1, -0.05) is 12.8 Å². The quantitative estimate of drug-likeness (QED) is 0.723. The average Bonchev–Trinajstić information content (AvgIpc) is 3.36. The number of aryl methyl sites for hydroxylation is 1. The van der Waals surface area contributed by atoms with Gasteiger partial charge in [0.15, 0.2) is 5.82 Å². The summed E-state index contributed by atoms with van der Waals surface area (Å²) in [5.74, 6) is -0.190. The Hall–Kier alpha value is -2.26. The number of thiophene rings is 1. The molecule has 26 heavy (non-hydrogen) atoms. The number of amides is 1. The Morgan fingerprint density at radius 3 is 2.65 bits per heavy atom. The van der Waals surface area contributed by atoms with E-state index in [4.69, 9.17) is 9.47 Å². The molecule has 3 rings (SSSR count). The molecule has 1 atom stereocenters. The first kappa shape index (κ1) is 18.5. The zero-order valence-electron chi connectivity index (χ0n) is 14.9. The summed E-state index contributed by atoms with van der Waals surface area (Å²) in [6, 6.07) is -0.878. The number of rotatable bonds is 8. The van der Waals surface area contributed by atoms with E-state index in [1.807, 2.05) is 0 Å². The highest BCUT2D eigenvalue weighted by Gasteiger charge is 2.31. The summed E-state index contributed by atoms with van der Waals surface area (Å²) in [4.78, 5) is 33.9. The molecule has 1 fully saturated rings. The Morgan fingerprint density at radius 1 is 1.35 bits per heavy atom. The summed E-state index contributed by atoms with van der Waals surface area (Å²) in [5, 5.41) is 12.7. The number of aliphatic carboxylic acids is 1. The number of carboxylic acids is 1. The van der Waals surface area contributed by atoms with E-state index in [1.165, 1.54) is 18.4 Å². The lowest BCUT2D eigenvalue weighted by Gasteiger charge is -2.13. The number of aromatic nitrogens is 2. The first-order valence-electron chi connectivity index (χ1n) is 8.31. The molecule has 0 aromatic carbocycles. The van der Waals surface area contributed by atoms with E-state index < -0.39 is 17.9 Å². The zero-order valence-corrected chi connectivity index (χ0v) is 15.7. The number of hydrogen-bond acceptors (Lipinski definition) is 7. The van der Waals surface area contributed by atoms with E-state index in [1.54, 1.807) is 14.0 Å². The fourth-order valence-corrected chi connectivity index (χ4v) is 3.93. The normalized spacial score (nSPS) is 15.0. The van der Waals surface area contributed by atoms with Gasteiger partial charge < -0.3 is 19.9 Å². The lowest BCUT2D eigenvalue weighted by Crippen LogP contribution is -2.41. The lowest BCUT2D eigenvalue weighted by atomic mass is 10.1. The third kappa shape index (κ3) is 3.78. The van der Waals surface area contributed by atoms with Gasteiger partial charge in [-0.05, 0) is 24.8 Å². The second-order valence-corrected chi connectivity index (χ2v) is 7.36. The van der Waals surface area contributed by atoms with Crippen LogP contribution in [0.25, 0.3) is 10.2 Å². The minimum Gasteiger partial charge on any atom is -0.480 e. The van der Waals surface area contributed by atoms with Crippen molar-refractivity contribution in [3.8, 4) is 5.88 Å². The van der Waals surface area contributed by atoms with Crippen molar-refractivity contribution < 1.29 is 24.2 Å². The van der Waals surface area contributed by atoms with Gasteiger partial charge in [-0.15, -0.1) is 11.3 Å². The van der Waals surface area contributed by atoms with Crippen molar-refractivity contribution in [3.05, 3.63) is 16.3 Å². The molecule has 1 aliphatic carbocycles. The lowest BCUT2D eigenvalue weighted by molar-refractivity contribution is -0.139. The monoisotopic (exact) mass is 379 g/mol. The molecule has 1 amide bonds. The summed E-state index contributed by atoms with van der Waals surface area (Å²) < 4.78 is 10.4. The molecule has 1 aliphatic rings. The minimum absolute atomic E-state index is 0.229. The molecule has 2 heterocycles. The molecule has 0 spiro atoms. The zero-order chi connectivity index (χ0) is 18.8. The van der Waals surface area contributed by atoms with Crippen LogP contribution in [0.4, 0.5) is 0 Å². The first-order chi connectivity index (χ1) is 12.4. The fourth-order valence-electron chi connectivity index (χ4n) is 2.83. The van der Waals surface area contributed by atoms with Crippen LogP contribution < -0.4 is 10.1 Å². The van der Waals surface area contributed by atoms with E-state index >= 15 is 0 Å². The van der Waals surface area contributed by atoms with Crippen molar-refractivity contribution in [1.82, 2.24) is 15.3 Å². The number of nitrogens with one attached hydrogen (secondary N) is 1. The van der Waals surface area contributed by atoms with Crippen LogP contribution in [0.15, 0.2) is 0 Å². The second-order valence-electron chi connectivity index (χ2n) is 6.36. The third-order valence-electron chi connectivity index (χ3n) is 4.35. The second kappa shape index (κ2) is 7.55. The highest BCUT2D eigenvalue weighted by Crippen LogP contribution is 2.36. The first-order valence-corrected chi connectivity index (χ1v) is 9.12. The van der Waals surface area contributed by atoms with Crippen LogP contribution in [-0.2, 0) is 16.1 Å². The van der Waals surface area contributed by atoms with Gasteiger partial charge in [-0.2, -0.15) is 4.98 Å². The predicted octanol–water partition coefficient (Wildman–Crippen LogP) is 2.14. The van der Waals surface area contributed by atoms with Gasteiger partial charge in [-0.3, -0.25) is 4.79 Å². The van der Waals surface area contributed by atoms with Crippen LogP contribution in [0, 0.1) is 12.8 Å². The fraction of sp³-hybridized carbons (Fsp3) is 0.529. The number of carbonyl (C=O) groups is 2. The number of carboxylic acid groups (broad SMARTS) is 1. The van der Waals surface area contributed by atoms with Crippen LogP contribution in [0.1, 0.15) is 40.3 Å². The van der Waals surface area contributed by atoms with Crippen LogP contribution in [0.3, 0.4) is 0 Å². The third-order valence-corrected chi connectivity index (χ3v) is 5.53. The van der Waals surface area contributed by atoms with Gasteiger partial charge >= 0.3 is 5.97 Å². The molecule has 2 N–H and O–H groups in total. The maximum atomic E-state index is 12.7. The van der Waals surface area contributed by atoms with E-state index in [0.717, 1.165) is 12.8 Å². The molecule has 0 aliphatic heterocycles. The molecular weight excluding hydrogens is 358 g/mol. The Labute approximate surface area is 154 Å². The van der Waals surface area contributed by atoms with Crippen molar-refractivity contribution in [2.24, 2.45) is 5.92 Å². The van der Waals surface area contributed by atoms with Crippen molar-refractivity contribution >= 4 is 33.4 Å². The van der Waals surface area contributed by atoms with E-state index in [2.05, 4.69) is 15.3 Å². The van der Waals surface area contributed by atoms with Crippen LogP contribution in [-0.4, -0.2) is 47.2 Å².